The number of nitrogen functional groups attached to an aromatic ring is 2. The molecule has 10 atom stereocenters. The Balaban J connectivity index is 1.16. The van der Waals surface area contributed by atoms with Crippen molar-refractivity contribution >= 4 is 72.9 Å². The van der Waals surface area contributed by atoms with Gasteiger partial charge in [-0.15, -0.1) is 0 Å². The second-order valence-corrected chi connectivity index (χ2v) is 16.1. The number of alkyl halides is 1. The number of aromatic nitrogens is 8. The van der Waals surface area contributed by atoms with Crippen LogP contribution in [0.3, 0.4) is 0 Å². The van der Waals surface area contributed by atoms with Gasteiger partial charge in [0.25, 0.3) is 5.56 Å². The standard InChI is InChI=1S/C20H24FN10O10P2S2/c21-8-12-6(38-18(8)31-5-27-10-16(31)28-20(23)29-17(10)33)1-36-43(35,45)41-13-7(2-37-42(34,44)40-12)39-19(11(13)32)30-4-26-9-14(22)24-3-25-15(9)30/h3-8,11-13,18-19,32,34-35,44-45H,1-2H2,(H4-,22,23,24,25,28,29,33)/q+1/p+1/t6-,7-,8-,11-,12-,13-,18-,19-,42?,43?/m1/s1. The first kappa shape index (κ1) is 31.2. The lowest BCUT2D eigenvalue weighted by atomic mass is 10.1. The molecule has 3 fully saturated rings. The van der Waals surface area contributed by atoms with E-state index in [0.717, 1.165) is 10.9 Å². The molecule has 0 saturated carbocycles. The molecule has 242 valence electrons. The highest BCUT2D eigenvalue weighted by atomic mass is 32.7. The molecule has 0 radical (unpaired) electrons. The van der Waals surface area contributed by atoms with Gasteiger partial charge in [-0.1, -0.05) is 0 Å². The second-order valence-electron chi connectivity index (χ2n) is 10.1. The van der Waals surface area contributed by atoms with Crippen LogP contribution < -0.4 is 17.0 Å². The third kappa shape index (κ3) is 5.64. The molecule has 0 amide bonds. The molecule has 0 bridgehead atoms. The number of fused-ring (bicyclic) bond motifs is 4. The number of hydrogen-bond donors (Lipinski definition) is 8. The van der Waals surface area contributed by atoms with Gasteiger partial charge in [0.15, 0.2) is 53.5 Å². The zero-order valence-electron chi connectivity index (χ0n) is 22.4. The van der Waals surface area contributed by atoms with Gasteiger partial charge in [-0.3, -0.25) is 18.9 Å². The summed E-state index contributed by atoms with van der Waals surface area (Å²) in [6.45, 7) is -1.09. The predicted octanol–water partition coefficient (Wildman–Crippen LogP) is -0.366. The molecule has 2 unspecified atom stereocenters. The van der Waals surface area contributed by atoms with Gasteiger partial charge in [-0.05, 0) is 0 Å². The van der Waals surface area contributed by atoms with E-state index in [1.165, 1.54) is 17.2 Å². The van der Waals surface area contributed by atoms with Crippen LogP contribution in [0.4, 0.5) is 16.2 Å². The highest BCUT2D eigenvalue weighted by Gasteiger charge is 2.60. The van der Waals surface area contributed by atoms with Gasteiger partial charge in [0, 0.05) is 0 Å². The number of ether oxygens (including phenoxy) is 2. The zero-order valence-corrected chi connectivity index (χ0v) is 26.0. The molecule has 0 aromatic carbocycles. The molecular formula is C20H25FN10O10P2S2+2. The van der Waals surface area contributed by atoms with Crippen molar-refractivity contribution in [3.8, 4) is 0 Å². The number of nitrogens with zero attached hydrogens (tertiary/aromatic N) is 7. The fraction of sp³-hybridized carbons (Fsp3) is 0.500. The topological polar surface area (TPSA) is 275 Å². The molecule has 25 heteroatoms. The fourth-order valence-corrected chi connectivity index (χ4v) is 8.30. The summed E-state index contributed by atoms with van der Waals surface area (Å²) < 4.78 is 52.9. The second kappa shape index (κ2) is 11.4. The third-order valence-electron chi connectivity index (χ3n) is 7.29. The molecule has 4 aromatic rings. The van der Waals surface area contributed by atoms with Crippen LogP contribution in [0.5, 0.6) is 0 Å². The number of nitrogens with two attached hydrogens (primary N) is 2. The van der Waals surface area contributed by atoms with Crippen LogP contribution in [0.1, 0.15) is 12.5 Å². The Bertz CT molecular complexity index is 1820. The van der Waals surface area contributed by atoms with Crippen LogP contribution in [0, 0.1) is 0 Å². The van der Waals surface area contributed by atoms with Crippen molar-refractivity contribution in [3.63, 3.8) is 0 Å². The number of aliphatic hydroxyl groups excluding tert-OH is 1. The Morgan fingerprint density at radius 2 is 1.51 bits per heavy atom. The van der Waals surface area contributed by atoms with Crippen molar-refractivity contribution in [2.45, 2.75) is 49.1 Å². The number of anilines is 2. The normalized spacial score (nSPS) is 37.7. The van der Waals surface area contributed by atoms with Crippen LogP contribution in [-0.4, -0.2) is 104 Å². The van der Waals surface area contributed by atoms with Gasteiger partial charge in [-0.25, -0.2) is 24.3 Å². The molecule has 7 heterocycles. The van der Waals surface area contributed by atoms with Crippen LogP contribution in [-0.2, 0) is 27.6 Å². The minimum atomic E-state index is -4.13. The van der Waals surface area contributed by atoms with Crippen LogP contribution in [0.15, 0.2) is 23.8 Å². The molecule has 3 aliphatic rings. The van der Waals surface area contributed by atoms with Gasteiger partial charge in [0.1, 0.15) is 43.4 Å². The van der Waals surface area contributed by atoms with E-state index in [4.69, 9.17) is 39.0 Å². The highest BCUT2D eigenvalue weighted by Crippen LogP contribution is 2.67. The molecule has 0 aliphatic carbocycles. The van der Waals surface area contributed by atoms with E-state index in [1.807, 2.05) is 0 Å². The molecule has 4 aromatic heterocycles. The van der Waals surface area contributed by atoms with E-state index in [1.54, 1.807) is 0 Å². The lowest BCUT2D eigenvalue weighted by Crippen LogP contribution is -2.38. The van der Waals surface area contributed by atoms with Gasteiger partial charge in [0.2, 0.25) is 5.95 Å². The number of aliphatic hydroxyl groups is 1. The van der Waals surface area contributed by atoms with Crippen LogP contribution in [0.25, 0.3) is 22.3 Å². The molecule has 20 nitrogen and oxygen atoms in total. The smallest absolute Gasteiger partial charge is 0.385 e. The monoisotopic (exact) mass is 710 g/mol. The number of halogens is 1. The summed E-state index contributed by atoms with van der Waals surface area (Å²) in [6, 6.07) is 0. The van der Waals surface area contributed by atoms with Crippen molar-refractivity contribution in [1.29, 1.82) is 0 Å². The summed E-state index contributed by atoms with van der Waals surface area (Å²) >= 11 is 8.28. The number of nitrogens with one attached hydrogen (secondary N) is 1. The molecule has 0 spiro atoms. The SMILES string of the molecule is Nc1nc2c(ncn2[C@@H]2O[C@@H]3CO[P+](O)(S)O[C@H]4[C@@H](O)[C@H](n5cnc6c(N)ncnc65)O[C@@H]4CO[P+](O)(S)O[C@H]3[C@H]2F)c(=O)[nH]1. The maximum Gasteiger partial charge on any atom is 0.476 e. The third-order valence-corrected chi connectivity index (χ3v) is 10.6. The summed E-state index contributed by atoms with van der Waals surface area (Å²) in [7, 11) is -8.22. The summed E-state index contributed by atoms with van der Waals surface area (Å²) in [5.41, 5.74) is 11.2. The maximum atomic E-state index is 16.0. The first-order chi connectivity index (χ1) is 21.3. The summed E-state index contributed by atoms with van der Waals surface area (Å²) in [6.07, 6.45) is -7.99. The van der Waals surface area contributed by atoms with Crippen LogP contribution >= 0.6 is 38.8 Å². The zero-order chi connectivity index (χ0) is 31.8. The molecule has 7 rings (SSSR count). The van der Waals surface area contributed by atoms with E-state index in [9.17, 15) is 19.7 Å². The first-order valence-electron chi connectivity index (χ1n) is 13.0. The van der Waals surface area contributed by atoms with Gasteiger partial charge < -0.3 is 26.0 Å². The minimum absolute atomic E-state index is 0.0795. The first-order valence-corrected chi connectivity index (χ1v) is 18.4. The fourth-order valence-electron chi connectivity index (χ4n) is 5.30. The number of thiol groups is 2. The van der Waals surface area contributed by atoms with Gasteiger partial charge in [0.05, 0.1) is 37.2 Å². The number of aromatic amines is 1. The maximum absolute atomic E-state index is 16.0. The summed E-state index contributed by atoms with van der Waals surface area (Å²) in [5, 5.41) is 11.3. The van der Waals surface area contributed by atoms with Crippen molar-refractivity contribution in [1.82, 2.24) is 39.0 Å². The lowest BCUT2D eigenvalue weighted by Gasteiger charge is -2.25. The molecule has 45 heavy (non-hydrogen) atoms. The summed E-state index contributed by atoms with van der Waals surface area (Å²) in [5.74, 6) is -0.143. The Hall–Kier alpha value is -2.37. The van der Waals surface area contributed by atoms with E-state index >= 15 is 4.39 Å². The van der Waals surface area contributed by atoms with Crippen molar-refractivity contribution in [3.05, 3.63) is 29.3 Å². The quantitative estimate of drug-likeness (QED) is 0.0974. The Kier molecular flexibility index (Phi) is 7.92. The van der Waals surface area contributed by atoms with Gasteiger partial charge in [-0.2, -0.15) is 32.9 Å². The Morgan fingerprint density at radius 3 is 2.22 bits per heavy atom. The van der Waals surface area contributed by atoms with E-state index in [0.29, 0.717) is 0 Å². The number of H-pyrrole nitrogens is 1. The molecule has 3 saturated heterocycles. The van der Waals surface area contributed by atoms with E-state index in [2.05, 4.69) is 54.4 Å². The minimum Gasteiger partial charge on any atom is -0.385 e. The predicted molar refractivity (Wildman–Crippen MR) is 159 cm³/mol. The van der Waals surface area contributed by atoms with Crippen molar-refractivity contribution in [2.75, 3.05) is 24.7 Å². The number of imidazole rings is 2. The van der Waals surface area contributed by atoms with Crippen LogP contribution in [0.2, 0.25) is 0 Å². The number of hydrogen-bond acceptors (Lipinski definition) is 19. The highest BCUT2D eigenvalue weighted by molar-refractivity contribution is 8.47. The largest absolute Gasteiger partial charge is 0.476 e. The van der Waals surface area contributed by atoms with E-state index < -0.39 is 82.2 Å². The summed E-state index contributed by atoms with van der Waals surface area (Å²) in [4.78, 5) is 56.7. The van der Waals surface area contributed by atoms with Gasteiger partial charge >= 0.3 is 14.3 Å². The molecular weight excluding hydrogens is 685 g/mol. The number of rotatable bonds is 2. The lowest BCUT2D eigenvalue weighted by molar-refractivity contribution is -0.0595. The molecule has 3 aliphatic heterocycles. The average Bonchev–Trinajstić information content (AvgIpc) is 3.72. The van der Waals surface area contributed by atoms with Crippen molar-refractivity contribution in [2.24, 2.45) is 0 Å². The molecule has 8 N–H and O–H groups in total. The van der Waals surface area contributed by atoms with E-state index in [-0.39, 0.29) is 34.1 Å². The van der Waals surface area contributed by atoms with Crippen molar-refractivity contribution < 1.29 is 46.9 Å². The average molecular weight is 711 g/mol. The Labute approximate surface area is 261 Å². The Morgan fingerprint density at radius 1 is 0.911 bits per heavy atom.